The lowest BCUT2D eigenvalue weighted by atomic mass is 10.1. The molecule has 1 saturated heterocycles. The fourth-order valence-electron chi connectivity index (χ4n) is 4.28. The third-order valence-corrected chi connectivity index (χ3v) is 5.95. The van der Waals surface area contributed by atoms with Crippen LogP contribution in [0.4, 0.5) is 0 Å². The van der Waals surface area contributed by atoms with Crippen molar-refractivity contribution in [2.45, 2.75) is 32.9 Å². The molecule has 32 heavy (non-hydrogen) atoms. The van der Waals surface area contributed by atoms with Gasteiger partial charge >= 0.3 is 0 Å². The summed E-state index contributed by atoms with van der Waals surface area (Å²) in [4.78, 5) is 37.0. The minimum absolute atomic E-state index is 0.148. The summed E-state index contributed by atoms with van der Waals surface area (Å²) in [6, 6.07) is 13.3. The Morgan fingerprint density at radius 2 is 2.03 bits per heavy atom. The van der Waals surface area contributed by atoms with E-state index in [0.29, 0.717) is 42.8 Å². The molecule has 1 aromatic carbocycles. The lowest BCUT2D eigenvalue weighted by molar-refractivity contribution is 0.0771. The summed E-state index contributed by atoms with van der Waals surface area (Å²) in [5, 5.41) is 1.48. The summed E-state index contributed by atoms with van der Waals surface area (Å²) >= 11 is 0. The van der Waals surface area contributed by atoms with Crippen LogP contribution in [0, 0.1) is 6.92 Å². The van der Waals surface area contributed by atoms with Crippen LogP contribution in [0.25, 0.3) is 21.9 Å². The zero-order valence-electron chi connectivity index (χ0n) is 18.1. The lowest BCUT2D eigenvalue weighted by Crippen LogP contribution is -2.34. The predicted molar refractivity (Wildman–Crippen MR) is 123 cm³/mol. The second-order valence-electron chi connectivity index (χ2n) is 8.09. The Bertz CT molecular complexity index is 1390. The summed E-state index contributed by atoms with van der Waals surface area (Å²) in [6.45, 7) is 5.45. The second-order valence-corrected chi connectivity index (χ2v) is 8.09. The molecule has 1 aliphatic heterocycles. The minimum atomic E-state index is -0.273. The highest BCUT2D eigenvalue weighted by Gasteiger charge is 2.30. The summed E-state index contributed by atoms with van der Waals surface area (Å²) in [6.07, 6.45) is 3.94. The summed E-state index contributed by atoms with van der Waals surface area (Å²) in [7, 11) is 0. The number of nitrogens with zero attached hydrogens (tertiary/aromatic N) is 4. The van der Waals surface area contributed by atoms with Crippen molar-refractivity contribution in [2.75, 3.05) is 13.1 Å². The molecule has 1 unspecified atom stereocenters. The van der Waals surface area contributed by atoms with Gasteiger partial charge in [-0.15, -0.1) is 0 Å². The van der Waals surface area contributed by atoms with Gasteiger partial charge in [-0.3, -0.25) is 14.6 Å². The topological polar surface area (TPSA) is 77.3 Å². The number of rotatable bonds is 4. The summed E-state index contributed by atoms with van der Waals surface area (Å²) in [5.41, 5.74) is 2.16. The normalized spacial score (nSPS) is 16.1. The molecule has 0 bridgehead atoms. The van der Waals surface area contributed by atoms with Crippen molar-refractivity contribution in [2.24, 2.45) is 0 Å². The van der Waals surface area contributed by atoms with Gasteiger partial charge in [0.1, 0.15) is 28.6 Å². The van der Waals surface area contributed by atoms with Crippen LogP contribution in [0.1, 0.15) is 29.4 Å². The van der Waals surface area contributed by atoms with Crippen molar-refractivity contribution in [3.8, 4) is 5.75 Å². The first-order chi connectivity index (χ1) is 15.5. The van der Waals surface area contributed by atoms with E-state index in [1.165, 1.54) is 0 Å². The molecule has 5 rings (SSSR count). The van der Waals surface area contributed by atoms with E-state index in [0.717, 1.165) is 16.6 Å². The molecule has 1 amide bonds. The minimum Gasteiger partial charge on any atom is -0.486 e. The molecule has 3 aromatic heterocycles. The molecule has 162 valence electrons. The van der Waals surface area contributed by atoms with Crippen LogP contribution in [-0.4, -0.2) is 44.5 Å². The fourth-order valence-corrected chi connectivity index (χ4v) is 4.28. The Morgan fingerprint density at radius 3 is 2.88 bits per heavy atom. The van der Waals surface area contributed by atoms with Crippen molar-refractivity contribution in [3.63, 3.8) is 0 Å². The molecule has 1 fully saturated rings. The van der Waals surface area contributed by atoms with Crippen LogP contribution in [-0.2, 0) is 6.54 Å². The Kier molecular flexibility index (Phi) is 5.09. The van der Waals surface area contributed by atoms with E-state index in [2.05, 4.69) is 9.97 Å². The van der Waals surface area contributed by atoms with Crippen LogP contribution in [0.15, 0.2) is 59.7 Å². The first-order valence-corrected chi connectivity index (χ1v) is 10.9. The Balaban J connectivity index is 1.40. The lowest BCUT2D eigenvalue weighted by Gasteiger charge is -2.19. The van der Waals surface area contributed by atoms with Crippen molar-refractivity contribution >= 4 is 27.8 Å². The number of hydrogen-bond donors (Lipinski definition) is 0. The zero-order chi connectivity index (χ0) is 22.2. The van der Waals surface area contributed by atoms with Crippen LogP contribution in [0.2, 0.25) is 0 Å². The van der Waals surface area contributed by atoms with Gasteiger partial charge in [-0.1, -0.05) is 18.2 Å². The summed E-state index contributed by atoms with van der Waals surface area (Å²) < 4.78 is 8.08. The number of carbonyl (C=O) groups is 1. The van der Waals surface area contributed by atoms with E-state index in [9.17, 15) is 9.59 Å². The van der Waals surface area contributed by atoms with Crippen LogP contribution >= 0.6 is 0 Å². The van der Waals surface area contributed by atoms with Crippen LogP contribution in [0.3, 0.4) is 0 Å². The van der Waals surface area contributed by atoms with Crippen molar-refractivity contribution in [3.05, 3.63) is 76.3 Å². The number of likely N-dealkylation sites (tertiary alicyclic amines) is 1. The van der Waals surface area contributed by atoms with Gasteiger partial charge in [0.25, 0.3) is 5.91 Å². The van der Waals surface area contributed by atoms with Gasteiger partial charge in [-0.05, 0) is 38.1 Å². The maximum Gasteiger partial charge on any atom is 0.259 e. The van der Waals surface area contributed by atoms with Gasteiger partial charge in [0.15, 0.2) is 0 Å². The standard InChI is InChI=1S/C25H24N4O3/c1-3-28-15-20(23(30)19-10-9-16(2)27-24(19)28)25(31)29-13-11-18(14-29)32-21-8-4-6-17-7-5-12-26-22(17)21/h4-10,12,15,18H,3,11,13-14H2,1-2H3. The molecule has 4 aromatic rings. The Labute approximate surface area is 185 Å². The number of para-hydroxylation sites is 1. The molecule has 7 nitrogen and oxygen atoms in total. The number of carbonyl (C=O) groups excluding carboxylic acids is 1. The van der Waals surface area contributed by atoms with Gasteiger partial charge in [0.2, 0.25) is 5.43 Å². The first-order valence-electron chi connectivity index (χ1n) is 10.9. The molecular formula is C25H24N4O3. The van der Waals surface area contributed by atoms with E-state index in [1.54, 1.807) is 29.4 Å². The molecule has 0 aliphatic carbocycles. The number of aromatic nitrogens is 3. The molecule has 4 heterocycles. The highest BCUT2D eigenvalue weighted by molar-refractivity contribution is 5.97. The van der Waals surface area contributed by atoms with E-state index in [1.807, 2.05) is 48.7 Å². The summed E-state index contributed by atoms with van der Waals surface area (Å²) in [5.74, 6) is 0.449. The smallest absolute Gasteiger partial charge is 0.259 e. The number of fused-ring (bicyclic) bond motifs is 2. The maximum absolute atomic E-state index is 13.3. The highest BCUT2D eigenvalue weighted by atomic mass is 16.5. The van der Waals surface area contributed by atoms with Gasteiger partial charge in [0, 0.05) is 43.0 Å². The SMILES string of the molecule is CCn1cc(C(=O)N2CCC(Oc3cccc4cccnc34)C2)c(=O)c2ccc(C)nc21. The molecule has 7 heteroatoms. The highest BCUT2D eigenvalue weighted by Crippen LogP contribution is 2.26. The predicted octanol–water partition coefficient (Wildman–Crippen LogP) is 3.57. The third kappa shape index (κ3) is 3.49. The van der Waals surface area contributed by atoms with E-state index >= 15 is 0 Å². The molecule has 0 spiro atoms. The third-order valence-electron chi connectivity index (χ3n) is 5.95. The Hall–Kier alpha value is -3.74. The molecule has 1 aliphatic rings. The average Bonchev–Trinajstić information content (AvgIpc) is 3.28. The van der Waals surface area contributed by atoms with Crippen LogP contribution < -0.4 is 10.2 Å². The van der Waals surface area contributed by atoms with Crippen molar-refractivity contribution < 1.29 is 9.53 Å². The molecule has 0 saturated carbocycles. The number of ether oxygens (including phenoxy) is 1. The van der Waals surface area contributed by atoms with E-state index in [4.69, 9.17) is 4.74 Å². The molecule has 0 radical (unpaired) electrons. The first kappa shape index (κ1) is 20.2. The number of amides is 1. The maximum atomic E-state index is 13.3. The number of hydrogen-bond acceptors (Lipinski definition) is 5. The van der Waals surface area contributed by atoms with Gasteiger partial charge in [-0.25, -0.2) is 4.98 Å². The fraction of sp³-hybridized carbons (Fsp3) is 0.280. The largest absolute Gasteiger partial charge is 0.486 e. The van der Waals surface area contributed by atoms with E-state index < -0.39 is 0 Å². The number of pyridine rings is 3. The van der Waals surface area contributed by atoms with Gasteiger partial charge < -0.3 is 14.2 Å². The molecular weight excluding hydrogens is 404 g/mol. The number of aryl methyl sites for hydroxylation is 2. The zero-order valence-corrected chi connectivity index (χ0v) is 18.1. The molecule has 1 atom stereocenters. The van der Waals surface area contributed by atoms with Crippen molar-refractivity contribution in [1.82, 2.24) is 19.4 Å². The molecule has 0 N–H and O–H groups in total. The van der Waals surface area contributed by atoms with Gasteiger partial charge in [-0.2, -0.15) is 0 Å². The second kappa shape index (κ2) is 8.07. The average molecular weight is 428 g/mol. The Morgan fingerprint density at radius 1 is 1.19 bits per heavy atom. The monoisotopic (exact) mass is 428 g/mol. The number of benzene rings is 1. The quantitative estimate of drug-likeness (QED) is 0.497. The van der Waals surface area contributed by atoms with E-state index in [-0.39, 0.29) is 23.0 Å². The van der Waals surface area contributed by atoms with Crippen LogP contribution in [0.5, 0.6) is 5.75 Å². The van der Waals surface area contributed by atoms with Gasteiger partial charge in [0.05, 0.1) is 11.9 Å². The van der Waals surface area contributed by atoms with Crippen molar-refractivity contribution in [1.29, 1.82) is 0 Å².